The van der Waals surface area contributed by atoms with E-state index in [-0.39, 0.29) is 24.4 Å². The zero-order chi connectivity index (χ0) is 24.9. The molecule has 2 N–H and O–H groups in total. The van der Waals surface area contributed by atoms with Crippen molar-refractivity contribution >= 4 is 17.9 Å². The molecule has 0 aliphatic heterocycles. The highest BCUT2D eigenvalue weighted by molar-refractivity contribution is 5.91. The number of rotatable bonds is 7. The van der Waals surface area contributed by atoms with Crippen molar-refractivity contribution in [3.63, 3.8) is 0 Å². The molecule has 1 rings (SSSR count). The van der Waals surface area contributed by atoms with Crippen molar-refractivity contribution < 1.29 is 19.1 Å². The van der Waals surface area contributed by atoms with Crippen LogP contribution in [0.5, 0.6) is 0 Å². The van der Waals surface area contributed by atoms with Crippen LogP contribution >= 0.6 is 0 Å². The van der Waals surface area contributed by atoms with E-state index in [1.165, 1.54) is 0 Å². The van der Waals surface area contributed by atoms with Crippen molar-refractivity contribution in [2.24, 2.45) is 0 Å². The lowest BCUT2D eigenvalue weighted by Crippen LogP contribution is -2.53. The predicted octanol–water partition coefficient (Wildman–Crippen LogP) is 4.41. The first-order valence-corrected chi connectivity index (χ1v) is 11.2. The number of hydrogen-bond donors (Lipinski definition) is 2. The lowest BCUT2D eigenvalue weighted by atomic mass is 9.94. The smallest absolute Gasteiger partial charge is 0.408 e. The first-order chi connectivity index (χ1) is 14.6. The fourth-order valence-electron chi connectivity index (χ4n) is 3.38. The molecule has 0 saturated heterocycles. The SMILES string of the molecule is CCC(C)N(C(=O)CNC(=O)OC(C)(C)C)C(C(=O)NC(C)(C)C)c1ccc(C)cc1C. The molecule has 3 amide bonds. The second-order valence-corrected chi connectivity index (χ2v) is 10.4. The van der Waals surface area contributed by atoms with Gasteiger partial charge in [-0.2, -0.15) is 0 Å². The Morgan fingerprint density at radius 2 is 1.66 bits per heavy atom. The average molecular weight is 448 g/mol. The molecule has 32 heavy (non-hydrogen) atoms. The Bertz CT molecular complexity index is 821. The van der Waals surface area contributed by atoms with Crippen LogP contribution in [0, 0.1) is 13.8 Å². The van der Waals surface area contributed by atoms with Gasteiger partial charge in [0.2, 0.25) is 11.8 Å². The first kappa shape index (κ1) is 27.5. The molecule has 2 atom stereocenters. The topological polar surface area (TPSA) is 87.7 Å². The van der Waals surface area contributed by atoms with Gasteiger partial charge < -0.3 is 20.3 Å². The number of nitrogens with zero attached hydrogens (tertiary/aromatic N) is 1. The second-order valence-electron chi connectivity index (χ2n) is 10.4. The summed E-state index contributed by atoms with van der Waals surface area (Å²) in [6, 6.07) is 4.81. The van der Waals surface area contributed by atoms with E-state index < -0.39 is 23.3 Å². The summed E-state index contributed by atoms with van der Waals surface area (Å²) < 4.78 is 5.25. The third-order valence-electron chi connectivity index (χ3n) is 4.88. The molecule has 0 radical (unpaired) electrons. The summed E-state index contributed by atoms with van der Waals surface area (Å²) in [6.45, 7) is 18.5. The van der Waals surface area contributed by atoms with Gasteiger partial charge in [0.1, 0.15) is 18.2 Å². The maximum absolute atomic E-state index is 13.5. The molecule has 7 heteroatoms. The van der Waals surface area contributed by atoms with E-state index in [2.05, 4.69) is 10.6 Å². The molecule has 0 heterocycles. The van der Waals surface area contributed by atoms with Gasteiger partial charge in [0.15, 0.2) is 0 Å². The van der Waals surface area contributed by atoms with Crippen LogP contribution in [0.4, 0.5) is 4.79 Å². The number of alkyl carbamates (subject to hydrolysis) is 1. The number of amides is 3. The van der Waals surface area contributed by atoms with E-state index in [1.807, 2.05) is 66.7 Å². The number of carbonyl (C=O) groups excluding carboxylic acids is 3. The van der Waals surface area contributed by atoms with E-state index in [0.29, 0.717) is 6.42 Å². The molecular weight excluding hydrogens is 406 g/mol. The Morgan fingerprint density at radius 1 is 1.06 bits per heavy atom. The van der Waals surface area contributed by atoms with Crippen LogP contribution in [0.3, 0.4) is 0 Å². The third kappa shape index (κ3) is 8.52. The summed E-state index contributed by atoms with van der Waals surface area (Å²) in [4.78, 5) is 40.5. The lowest BCUT2D eigenvalue weighted by molar-refractivity contribution is -0.143. The highest BCUT2D eigenvalue weighted by atomic mass is 16.6. The Balaban J connectivity index is 3.35. The minimum absolute atomic E-state index is 0.223. The molecule has 0 bridgehead atoms. The van der Waals surface area contributed by atoms with E-state index in [1.54, 1.807) is 25.7 Å². The zero-order valence-corrected chi connectivity index (χ0v) is 21.4. The van der Waals surface area contributed by atoms with Crippen LogP contribution < -0.4 is 10.6 Å². The van der Waals surface area contributed by atoms with Gasteiger partial charge in [0.25, 0.3) is 0 Å². The van der Waals surface area contributed by atoms with Crippen molar-refractivity contribution in [1.29, 1.82) is 0 Å². The highest BCUT2D eigenvalue weighted by Crippen LogP contribution is 2.29. The molecule has 1 aromatic carbocycles. The number of ether oxygens (including phenoxy) is 1. The largest absolute Gasteiger partial charge is 0.444 e. The van der Waals surface area contributed by atoms with Gasteiger partial charge in [0.05, 0.1) is 0 Å². The van der Waals surface area contributed by atoms with Crippen LogP contribution in [-0.4, -0.2) is 46.5 Å². The minimum Gasteiger partial charge on any atom is -0.444 e. The van der Waals surface area contributed by atoms with Crippen molar-refractivity contribution in [2.45, 2.75) is 98.9 Å². The molecule has 1 aromatic rings. The predicted molar refractivity (Wildman–Crippen MR) is 127 cm³/mol. The maximum Gasteiger partial charge on any atom is 0.408 e. The Labute approximate surface area is 193 Å². The van der Waals surface area contributed by atoms with Gasteiger partial charge in [-0.05, 0) is 79.9 Å². The van der Waals surface area contributed by atoms with Crippen molar-refractivity contribution in [1.82, 2.24) is 15.5 Å². The van der Waals surface area contributed by atoms with Crippen LogP contribution in [0.1, 0.15) is 84.5 Å². The quantitative estimate of drug-likeness (QED) is 0.648. The number of carbonyl (C=O) groups is 3. The summed E-state index contributed by atoms with van der Waals surface area (Å²) in [6.07, 6.45) is -0.0142. The fourth-order valence-corrected chi connectivity index (χ4v) is 3.38. The van der Waals surface area contributed by atoms with Crippen LogP contribution in [0.25, 0.3) is 0 Å². The summed E-state index contributed by atoms with van der Waals surface area (Å²) in [5, 5.41) is 5.56. The van der Waals surface area contributed by atoms with E-state index in [0.717, 1.165) is 16.7 Å². The third-order valence-corrected chi connectivity index (χ3v) is 4.88. The van der Waals surface area contributed by atoms with Gasteiger partial charge >= 0.3 is 6.09 Å². The Kier molecular flexibility index (Phi) is 9.30. The molecule has 0 fully saturated rings. The Hall–Kier alpha value is -2.57. The molecule has 2 unspecified atom stereocenters. The van der Waals surface area contributed by atoms with E-state index >= 15 is 0 Å². The van der Waals surface area contributed by atoms with Crippen molar-refractivity contribution in [3.8, 4) is 0 Å². The monoisotopic (exact) mass is 447 g/mol. The average Bonchev–Trinajstić information content (AvgIpc) is 2.61. The molecule has 0 aromatic heterocycles. The fraction of sp³-hybridized carbons (Fsp3) is 0.640. The summed E-state index contributed by atoms with van der Waals surface area (Å²) in [5.74, 6) is -0.602. The molecule has 0 spiro atoms. The van der Waals surface area contributed by atoms with Crippen molar-refractivity contribution in [2.75, 3.05) is 6.54 Å². The molecule has 7 nitrogen and oxygen atoms in total. The van der Waals surface area contributed by atoms with Gasteiger partial charge in [-0.15, -0.1) is 0 Å². The van der Waals surface area contributed by atoms with Crippen LogP contribution in [0.2, 0.25) is 0 Å². The molecule has 0 aliphatic carbocycles. The summed E-state index contributed by atoms with van der Waals surface area (Å²) in [5.41, 5.74) is 1.64. The zero-order valence-electron chi connectivity index (χ0n) is 21.4. The van der Waals surface area contributed by atoms with Gasteiger partial charge in [-0.1, -0.05) is 30.7 Å². The molecule has 0 aliphatic rings. The molecule has 180 valence electrons. The Morgan fingerprint density at radius 3 is 2.12 bits per heavy atom. The maximum atomic E-state index is 13.5. The number of benzene rings is 1. The molecule has 0 saturated carbocycles. The van der Waals surface area contributed by atoms with Crippen molar-refractivity contribution in [3.05, 3.63) is 34.9 Å². The number of hydrogen-bond acceptors (Lipinski definition) is 4. The van der Waals surface area contributed by atoms with Gasteiger partial charge in [-0.25, -0.2) is 4.79 Å². The molecular formula is C25H41N3O4. The van der Waals surface area contributed by atoms with Crippen LogP contribution in [0.15, 0.2) is 18.2 Å². The van der Waals surface area contributed by atoms with E-state index in [4.69, 9.17) is 4.74 Å². The number of aryl methyl sites for hydroxylation is 2. The second kappa shape index (κ2) is 10.8. The summed E-state index contributed by atoms with van der Waals surface area (Å²) >= 11 is 0. The minimum atomic E-state index is -0.822. The standard InChI is InChI=1S/C25H41N3O4/c1-11-18(4)28(20(29)15-26-23(31)32-25(8,9)10)21(22(30)27-24(5,6)7)19-13-12-16(2)14-17(19)3/h12-14,18,21H,11,15H2,1-10H3,(H,26,31)(H,27,30). The highest BCUT2D eigenvalue weighted by Gasteiger charge is 2.36. The van der Waals surface area contributed by atoms with Gasteiger partial charge in [0, 0.05) is 11.6 Å². The normalized spacial score (nSPS) is 13.7. The van der Waals surface area contributed by atoms with Gasteiger partial charge in [-0.3, -0.25) is 9.59 Å². The summed E-state index contributed by atoms with van der Waals surface area (Å²) in [7, 11) is 0. The van der Waals surface area contributed by atoms with Crippen LogP contribution in [-0.2, 0) is 14.3 Å². The lowest BCUT2D eigenvalue weighted by Gasteiger charge is -2.38. The number of nitrogens with one attached hydrogen (secondary N) is 2. The van der Waals surface area contributed by atoms with E-state index in [9.17, 15) is 14.4 Å². The first-order valence-electron chi connectivity index (χ1n) is 11.2.